The molecule has 0 bridgehead atoms. The number of rotatable bonds is 3. The third-order valence-electron chi connectivity index (χ3n) is 4.55. The molecule has 0 aromatic carbocycles. The van der Waals surface area contributed by atoms with Crippen LogP contribution < -0.4 is 0 Å². The quantitative estimate of drug-likeness (QED) is 0.773. The highest BCUT2D eigenvalue weighted by molar-refractivity contribution is 5.81. The van der Waals surface area contributed by atoms with Gasteiger partial charge in [0.05, 0.1) is 0 Å². The number of carbonyl (C=O) groups excluding carboxylic acids is 2. The van der Waals surface area contributed by atoms with E-state index in [0.29, 0.717) is 12.3 Å². The van der Waals surface area contributed by atoms with Crippen molar-refractivity contribution in [2.24, 2.45) is 11.8 Å². The zero-order chi connectivity index (χ0) is 13.1. The van der Waals surface area contributed by atoms with Crippen LogP contribution in [0.5, 0.6) is 0 Å². The van der Waals surface area contributed by atoms with Crippen LogP contribution in [0, 0.1) is 11.8 Å². The van der Waals surface area contributed by atoms with Crippen molar-refractivity contribution in [3.63, 3.8) is 0 Å². The number of nitrogens with zero attached hydrogens (tertiary/aromatic N) is 1. The van der Waals surface area contributed by atoms with E-state index in [2.05, 4.69) is 6.92 Å². The molecule has 3 nitrogen and oxygen atoms in total. The van der Waals surface area contributed by atoms with Gasteiger partial charge in [-0.25, -0.2) is 0 Å². The smallest absolute Gasteiger partial charge is 0.225 e. The summed E-state index contributed by atoms with van der Waals surface area (Å²) in [6.07, 6.45) is 7.08. The highest BCUT2D eigenvalue weighted by atomic mass is 16.2. The predicted molar refractivity (Wildman–Crippen MR) is 71.2 cm³/mol. The van der Waals surface area contributed by atoms with Crippen LogP contribution in [0.3, 0.4) is 0 Å². The average Bonchev–Trinajstić information content (AvgIpc) is 2.76. The van der Waals surface area contributed by atoms with Gasteiger partial charge in [0.25, 0.3) is 0 Å². The lowest BCUT2D eigenvalue weighted by Gasteiger charge is -2.32. The molecular weight excluding hydrogens is 226 g/mol. The van der Waals surface area contributed by atoms with Crippen molar-refractivity contribution < 1.29 is 9.59 Å². The summed E-state index contributed by atoms with van der Waals surface area (Å²) in [6.45, 7) is 4.77. The van der Waals surface area contributed by atoms with Gasteiger partial charge in [-0.3, -0.25) is 9.59 Å². The Kier molecular flexibility index (Phi) is 4.41. The first kappa shape index (κ1) is 13.6. The molecule has 1 amide bonds. The van der Waals surface area contributed by atoms with Gasteiger partial charge in [0.15, 0.2) is 0 Å². The first-order valence-corrected chi connectivity index (χ1v) is 7.38. The Balaban J connectivity index is 1.93. The minimum Gasteiger partial charge on any atom is -0.339 e. The largest absolute Gasteiger partial charge is 0.339 e. The summed E-state index contributed by atoms with van der Waals surface area (Å²) in [5.41, 5.74) is 0. The maximum absolute atomic E-state index is 12.5. The van der Waals surface area contributed by atoms with E-state index in [0.717, 1.165) is 38.1 Å². The van der Waals surface area contributed by atoms with E-state index >= 15 is 0 Å². The SMILES string of the molecule is CC(=O)CC1CCCN1C(=O)C1CCC(C)CC1. The van der Waals surface area contributed by atoms with E-state index in [1.54, 1.807) is 6.92 Å². The molecule has 1 saturated heterocycles. The van der Waals surface area contributed by atoms with E-state index in [1.807, 2.05) is 4.90 Å². The van der Waals surface area contributed by atoms with Crippen molar-refractivity contribution in [1.29, 1.82) is 0 Å². The fourth-order valence-electron chi connectivity index (χ4n) is 3.41. The number of amides is 1. The molecule has 2 aliphatic rings. The zero-order valence-corrected chi connectivity index (χ0v) is 11.7. The van der Waals surface area contributed by atoms with E-state index in [1.165, 1.54) is 12.8 Å². The molecule has 1 unspecified atom stereocenters. The van der Waals surface area contributed by atoms with Gasteiger partial charge < -0.3 is 4.90 Å². The van der Waals surface area contributed by atoms with E-state index in [-0.39, 0.29) is 17.7 Å². The molecule has 1 atom stereocenters. The van der Waals surface area contributed by atoms with Crippen LogP contribution in [0.2, 0.25) is 0 Å². The summed E-state index contributed by atoms with van der Waals surface area (Å²) in [5, 5.41) is 0. The number of ketones is 1. The zero-order valence-electron chi connectivity index (χ0n) is 11.7. The van der Waals surface area contributed by atoms with E-state index < -0.39 is 0 Å². The molecule has 102 valence electrons. The third-order valence-corrected chi connectivity index (χ3v) is 4.55. The second-order valence-electron chi connectivity index (χ2n) is 6.19. The van der Waals surface area contributed by atoms with Gasteiger partial charge in [0.2, 0.25) is 5.91 Å². The molecule has 1 aliphatic carbocycles. The minimum atomic E-state index is 0.189. The van der Waals surface area contributed by atoms with Gasteiger partial charge >= 0.3 is 0 Å². The summed E-state index contributed by atoms with van der Waals surface area (Å²) < 4.78 is 0. The summed E-state index contributed by atoms with van der Waals surface area (Å²) in [4.78, 5) is 25.8. The number of likely N-dealkylation sites (tertiary alicyclic amines) is 1. The molecule has 0 aromatic rings. The van der Waals surface area contributed by atoms with Gasteiger partial charge in [-0.05, 0) is 51.4 Å². The average molecular weight is 251 g/mol. The first-order chi connectivity index (χ1) is 8.58. The van der Waals surface area contributed by atoms with Gasteiger partial charge in [-0.15, -0.1) is 0 Å². The van der Waals surface area contributed by atoms with Crippen molar-refractivity contribution >= 4 is 11.7 Å². The maximum Gasteiger partial charge on any atom is 0.225 e. The van der Waals surface area contributed by atoms with Crippen LogP contribution in [-0.2, 0) is 9.59 Å². The third kappa shape index (κ3) is 3.12. The molecule has 0 N–H and O–H groups in total. The fraction of sp³-hybridized carbons (Fsp3) is 0.867. The maximum atomic E-state index is 12.5. The summed E-state index contributed by atoms with van der Waals surface area (Å²) in [7, 11) is 0. The summed E-state index contributed by atoms with van der Waals surface area (Å²) in [5.74, 6) is 1.54. The Hall–Kier alpha value is -0.860. The van der Waals surface area contributed by atoms with Crippen molar-refractivity contribution in [3.8, 4) is 0 Å². The monoisotopic (exact) mass is 251 g/mol. The molecule has 0 spiro atoms. The summed E-state index contributed by atoms with van der Waals surface area (Å²) in [6, 6.07) is 0.189. The van der Waals surface area contributed by atoms with Gasteiger partial charge in [-0.1, -0.05) is 6.92 Å². The van der Waals surface area contributed by atoms with E-state index in [4.69, 9.17) is 0 Å². The molecule has 3 heteroatoms. The lowest BCUT2D eigenvalue weighted by Crippen LogP contribution is -2.41. The number of Topliss-reactive ketones (excluding diaryl/α,β-unsaturated/α-hetero) is 1. The predicted octanol–water partition coefficient (Wildman–Crippen LogP) is 2.78. The second kappa shape index (κ2) is 5.85. The number of hydrogen-bond acceptors (Lipinski definition) is 2. The topological polar surface area (TPSA) is 37.4 Å². The van der Waals surface area contributed by atoms with Crippen LogP contribution in [0.4, 0.5) is 0 Å². The lowest BCUT2D eigenvalue weighted by molar-refractivity contribution is -0.138. The number of carbonyl (C=O) groups is 2. The highest BCUT2D eigenvalue weighted by Crippen LogP contribution is 2.32. The van der Waals surface area contributed by atoms with Crippen LogP contribution in [-0.4, -0.2) is 29.2 Å². The van der Waals surface area contributed by atoms with Crippen molar-refractivity contribution in [3.05, 3.63) is 0 Å². The Morgan fingerprint density at radius 3 is 2.39 bits per heavy atom. The highest BCUT2D eigenvalue weighted by Gasteiger charge is 2.34. The molecule has 2 rings (SSSR count). The Bertz CT molecular complexity index is 318. The molecular formula is C15H25NO2. The fourth-order valence-corrected chi connectivity index (χ4v) is 3.41. The van der Waals surface area contributed by atoms with Gasteiger partial charge in [-0.2, -0.15) is 0 Å². The van der Waals surface area contributed by atoms with Crippen molar-refractivity contribution in [2.75, 3.05) is 6.54 Å². The molecule has 1 saturated carbocycles. The molecule has 0 radical (unpaired) electrons. The van der Waals surface area contributed by atoms with Crippen LogP contribution in [0.25, 0.3) is 0 Å². The summed E-state index contributed by atoms with van der Waals surface area (Å²) >= 11 is 0. The standard InChI is InChI=1S/C15H25NO2/c1-11-5-7-13(8-6-11)15(18)16-9-3-4-14(16)10-12(2)17/h11,13-14H,3-10H2,1-2H3. The molecule has 18 heavy (non-hydrogen) atoms. The number of hydrogen-bond donors (Lipinski definition) is 0. The lowest BCUT2D eigenvalue weighted by atomic mass is 9.82. The van der Waals surface area contributed by atoms with E-state index in [9.17, 15) is 9.59 Å². The van der Waals surface area contributed by atoms with Gasteiger partial charge in [0.1, 0.15) is 5.78 Å². The second-order valence-corrected chi connectivity index (χ2v) is 6.19. The van der Waals surface area contributed by atoms with Gasteiger partial charge in [0, 0.05) is 24.9 Å². The van der Waals surface area contributed by atoms with Crippen LogP contribution in [0.1, 0.15) is 58.8 Å². The van der Waals surface area contributed by atoms with Crippen molar-refractivity contribution in [2.45, 2.75) is 64.8 Å². The molecule has 2 fully saturated rings. The Morgan fingerprint density at radius 1 is 1.11 bits per heavy atom. The van der Waals surface area contributed by atoms with Crippen molar-refractivity contribution in [1.82, 2.24) is 4.90 Å². The van der Waals surface area contributed by atoms with Crippen LogP contribution in [0.15, 0.2) is 0 Å². The normalized spacial score (nSPS) is 32.6. The minimum absolute atomic E-state index is 0.189. The molecule has 1 aliphatic heterocycles. The Morgan fingerprint density at radius 2 is 1.78 bits per heavy atom. The van der Waals surface area contributed by atoms with Crippen LogP contribution >= 0.6 is 0 Å². The molecule has 1 heterocycles. The molecule has 0 aromatic heterocycles. The first-order valence-electron chi connectivity index (χ1n) is 7.38. The Labute approximate surface area is 110 Å².